The maximum Gasteiger partial charge on any atom is 0.327 e. The molecule has 168 valence electrons. The van der Waals surface area contributed by atoms with Gasteiger partial charge in [-0.25, -0.2) is 4.79 Å². The first-order valence-electron chi connectivity index (χ1n) is 9.79. The van der Waals surface area contributed by atoms with E-state index < -0.39 is 47.9 Å². The summed E-state index contributed by atoms with van der Waals surface area (Å²) in [5.74, 6) is -3.20. The Morgan fingerprint density at radius 2 is 1.55 bits per heavy atom. The molecule has 0 bridgehead atoms. The maximum absolute atomic E-state index is 12.8. The molecule has 0 fully saturated rings. The van der Waals surface area contributed by atoms with Gasteiger partial charge in [-0.05, 0) is 38.6 Å². The van der Waals surface area contributed by atoms with Crippen molar-refractivity contribution in [1.82, 2.24) is 16.0 Å². The molecule has 5 atom stereocenters. The number of carbonyl (C=O) groups is 4. The van der Waals surface area contributed by atoms with E-state index in [4.69, 9.17) is 16.6 Å². The molecule has 0 aromatic carbocycles. The van der Waals surface area contributed by atoms with Crippen LogP contribution in [0.3, 0.4) is 0 Å². The third-order valence-electron chi connectivity index (χ3n) is 4.58. The highest BCUT2D eigenvalue weighted by atomic mass is 32.1. The largest absolute Gasteiger partial charge is 0.480 e. The lowest BCUT2D eigenvalue weighted by atomic mass is 9.97. The van der Waals surface area contributed by atoms with Crippen LogP contribution in [0.1, 0.15) is 46.5 Å². The van der Waals surface area contributed by atoms with Crippen molar-refractivity contribution >= 4 is 36.3 Å². The Morgan fingerprint density at radius 3 is 2.00 bits per heavy atom. The van der Waals surface area contributed by atoms with Crippen LogP contribution in [0.25, 0.3) is 0 Å². The number of carbonyl (C=O) groups excluding carboxylic acids is 3. The van der Waals surface area contributed by atoms with Gasteiger partial charge in [0, 0.05) is 5.75 Å². The SMILES string of the molecule is CCC(C)C(NC(=O)C(CCCCN)NC(=O)C(C)N)C(=O)NC(CS)C(=O)O. The Labute approximate surface area is 177 Å². The fraction of sp³-hybridized carbons (Fsp3) is 0.778. The molecule has 0 radical (unpaired) electrons. The summed E-state index contributed by atoms with van der Waals surface area (Å²) >= 11 is 3.93. The predicted molar refractivity (Wildman–Crippen MR) is 113 cm³/mol. The van der Waals surface area contributed by atoms with Crippen LogP contribution in [0.4, 0.5) is 0 Å². The topological polar surface area (TPSA) is 177 Å². The predicted octanol–water partition coefficient (Wildman–Crippen LogP) is -1.02. The lowest BCUT2D eigenvalue weighted by Crippen LogP contribution is -2.58. The summed E-state index contributed by atoms with van der Waals surface area (Å²) < 4.78 is 0. The zero-order valence-corrected chi connectivity index (χ0v) is 18.2. The van der Waals surface area contributed by atoms with Crippen molar-refractivity contribution in [3.8, 4) is 0 Å². The fourth-order valence-corrected chi connectivity index (χ4v) is 2.72. The summed E-state index contributed by atoms with van der Waals surface area (Å²) in [6.45, 7) is 5.57. The van der Waals surface area contributed by atoms with Gasteiger partial charge < -0.3 is 32.5 Å². The number of carboxylic acid groups (broad SMARTS) is 1. The lowest BCUT2D eigenvalue weighted by molar-refractivity contribution is -0.142. The number of hydrogen-bond donors (Lipinski definition) is 7. The van der Waals surface area contributed by atoms with E-state index in [1.807, 2.05) is 6.92 Å². The molecular weight excluding hydrogens is 398 g/mol. The quantitative estimate of drug-likeness (QED) is 0.135. The second-order valence-corrected chi connectivity index (χ2v) is 7.45. The van der Waals surface area contributed by atoms with Crippen molar-refractivity contribution in [3.63, 3.8) is 0 Å². The van der Waals surface area contributed by atoms with E-state index in [0.29, 0.717) is 32.2 Å². The van der Waals surface area contributed by atoms with E-state index in [-0.39, 0.29) is 11.7 Å². The number of nitrogens with one attached hydrogen (secondary N) is 3. The van der Waals surface area contributed by atoms with Gasteiger partial charge in [0.05, 0.1) is 6.04 Å². The number of carboxylic acids is 1. The van der Waals surface area contributed by atoms with E-state index in [1.165, 1.54) is 6.92 Å². The van der Waals surface area contributed by atoms with E-state index in [2.05, 4.69) is 28.6 Å². The standard InChI is InChI=1S/C18H35N5O5S/c1-4-10(2)14(17(26)22-13(9-29)18(27)28)23-16(25)12(7-5-6-8-19)21-15(24)11(3)20/h10-14,29H,4-9,19-20H2,1-3H3,(H,21,24)(H,22,26)(H,23,25)(H,27,28). The van der Waals surface area contributed by atoms with Gasteiger partial charge in [0.1, 0.15) is 18.1 Å². The number of amides is 3. The first-order valence-corrected chi connectivity index (χ1v) is 10.4. The summed E-state index contributed by atoms with van der Waals surface area (Å²) in [6.07, 6.45) is 2.19. The van der Waals surface area contributed by atoms with Crippen molar-refractivity contribution < 1.29 is 24.3 Å². The first kappa shape index (κ1) is 27.1. The molecule has 0 aromatic heterocycles. The van der Waals surface area contributed by atoms with Crippen molar-refractivity contribution in [2.75, 3.05) is 12.3 Å². The van der Waals surface area contributed by atoms with Gasteiger partial charge in [-0.1, -0.05) is 20.3 Å². The monoisotopic (exact) mass is 433 g/mol. The second-order valence-electron chi connectivity index (χ2n) is 7.09. The van der Waals surface area contributed by atoms with Gasteiger partial charge in [-0.2, -0.15) is 12.6 Å². The number of unbranched alkanes of at least 4 members (excludes halogenated alkanes) is 1. The summed E-state index contributed by atoms with van der Waals surface area (Å²) in [6, 6.07) is -3.80. The first-order chi connectivity index (χ1) is 13.6. The molecule has 8 N–H and O–H groups in total. The molecular formula is C18H35N5O5S. The summed E-state index contributed by atoms with van der Waals surface area (Å²) in [4.78, 5) is 48.6. The number of aliphatic carboxylic acids is 1. The van der Waals surface area contributed by atoms with E-state index in [1.54, 1.807) is 6.92 Å². The molecule has 29 heavy (non-hydrogen) atoms. The Morgan fingerprint density at radius 1 is 0.966 bits per heavy atom. The van der Waals surface area contributed by atoms with Gasteiger partial charge >= 0.3 is 5.97 Å². The Balaban J connectivity index is 5.36. The molecule has 0 spiro atoms. The van der Waals surface area contributed by atoms with Gasteiger partial charge in [-0.3, -0.25) is 14.4 Å². The average Bonchev–Trinajstić information content (AvgIpc) is 2.67. The van der Waals surface area contributed by atoms with E-state index >= 15 is 0 Å². The Kier molecular flexibility index (Phi) is 13.3. The van der Waals surface area contributed by atoms with Crippen LogP contribution >= 0.6 is 12.6 Å². The molecule has 0 aromatic rings. The minimum Gasteiger partial charge on any atom is -0.480 e. The highest BCUT2D eigenvalue weighted by Gasteiger charge is 2.32. The summed E-state index contributed by atoms with van der Waals surface area (Å²) in [7, 11) is 0. The van der Waals surface area contributed by atoms with E-state index in [0.717, 1.165) is 0 Å². The zero-order valence-electron chi connectivity index (χ0n) is 17.3. The van der Waals surface area contributed by atoms with Crippen molar-refractivity contribution in [3.05, 3.63) is 0 Å². The number of thiol groups is 1. The van der Waals surface area contributed by atoms with Gasteiger partial charge in [0.2, 0.25) is 17.7 Å². The average molecular weight is 434 g/mol. The molecule has 0 saturated heterocycles. The number of rotatable bonds is 14. The Hall–Kier alpha value is -1.85. The van der Waals surface area contributed by atoms with Crippen LogP contribution in [-0.4, -0.2) is 65.3 Å². The normalized spacial score (nSPS) is 16.1. The Bertz CT molecular complexity index is 561. The summed E-state index contributed by atoms with van der Waals surface area (Å²) in [5.41, 5.74) is 11.1. The minimum absolute atomic E-state index is 0.0889. The highest BCUT2D eigenvalue weighted by molar-refractivity contribution is 7.80. The van der Waals surface area contributed by atoms with Crippen LogP contribution in [0.2, 0.25) is 0 Å². The van der Waals surface area contributed by atoms with Crippen LogP contribution in [0.15, 0.2) is 0 Å². The number of hydrogen-bond acceptors (Lipinski definition) is 7. The third-order valence-corrected chi connectivity index (χ3v) is 4.95. The summed E-state index contributed by atoms with van der Waals surface area (Å²) in [5, 5.41) is 16.7. The lowest BCUT2D eigenvalue weighted by Gasteiger charge is -2.27. The molecule has 0 saturated carbocycles. The van der Waals surface area contributed by atoms with Crippen molar-refractivity contribution in [1.29, 1.82) is 0 Å². The highest BCUT2D eigenvalue weighted by Crippen LogP contribution is 2.10. The van der Waals surface area contributed by atoms with Crippen LogP contribution < -0.4 is 27.4 Å². The van der Waals surface area contributed by atoms with Crippen molar-refractivity contribution in [2.45, 2.75) is 70.6 Å². The van der Waals surface area contributed by atoms with Crippen LogP contribution in [0, 0.1) is 5.92 Å². The smallest absolute Gasteiger partial charge is 0.327 e. The fourth-order valence-electron chi connectivity index (χ4n) is 2.47. The van der Waals surface area contributed by atoms with Crippen LogP contribution in [0.5, 0.6) is 0 Å². The molecule has 0 aliphatic carbocycles. The maximum atomic E-state index is 12.8. The zero-order chi connectivity index (χ0) is 22.6. The van der Waals surface area contributed by atoms with Gasteiger partial charge in [0.15, 0.2) is 0 Å². The van der Waals surface area contributed by atoms with E-state index in [9.17, 15) is 19.2 Å². The molecule has 11 heteroatoms. The van der Waals surface area contributed by atoms with Crippen molar-refractivity contribution in [2.24, 2.45) is 17.4 Å². The minimum atomic E-state index is -1.22. The molecule has 10 nitrogen and oxygen atoms in total. The van der Waals surface area contributed by atoms with Gasteiger partial charge in [-0.15, -0.1) is 0 Å². The second kappa shape index (κ2) is 14.2. The molecule has 0 aliphatic heterocycles. The molecule has 5 unspecified atom stereocenters. The van der Waals surface area contributed by atoms with Gasteiger partial charge in [0.25, 0.3) is 0 Å². The molecule has 0 heterocycles. The molecule has 0 rings (SSSR count). The number of nitrogens with two attached hydrogens (primary N) is 2. The molecule has 3 amide bonds. The molecule has 0 aliphatic rings. The van der Waals surface area contributed by atoms with Crippen LogP contribution in [-0.2, 0) is 19.2 Å². The third kappa shape index (κ3) is 9.95.